The molecule has 0 bridgehead atoms. The molecule has 74 valence electrons. The Kier molecular flexibility index (Phi) is 8250. The Bertz CT molecular complexity index is 9.52. The minimum atomic E-state index is 0. The Labute approximate surface area is 90.0 Å². The van der Waals surface area contributed by atoms with Crippen LogP contribution in [0.1, 0.15) is 27.7 Å². The minimum Gasteiger partial charge on any atom is -0.680 e. The second-order valence-corrected chi connectivity index (χ2v) is 0. The molecule has 2 heteroatoms. The molecular formula is C9H24NTi-5. The fraction of sp³-hybridized carbons (Fsp3) is 0.556. The molecule has 0 atom stereocenters. The molecule has 0 aliphatic heterocycles. The van der Waals surface area contributed by atoms with Gasteiger partial charge in [-0.25, -0.2) is 0 Å². The zero-order valence-electron chi connectivity index (χ0n) is 8.83. The van der Waals surface area contributed by atoms with Crippen LogP contribution >= 0.6 is 0 Å². The van der Waals surface area contributed by atoms with Gasteiger partial charge in [-0.3, -0.25) is 0 Å². The SMILES string of the molecule is C[NH-].[CH2-]C.[CH2-]C.[CH2-]C.[CH2-]C.[Ti]. The van der Waals surface area contributed by atoms with Crippen LogP contribution in [0.15, 0.2) is 0 Å². The summed E-state index contributed by atoms with van der Waals surface area (Å²) in [6, 6.07) is 0. The normalized spacial score (nSPS) is 2.73. The zero-order chi connectivity index (χ0) is 10.0. The Morgan fingerprint density at radius 3 is 0.545 bits per heavy atom. The van der Waals surface area contributed by atoms with Crippen molar-refractivity contribution in [1.29, 1.82) is 0 Å². The zero-order valence-corrected chi connectivity index (χ0v) is 10.4. The van der Waals surface area contributed by atoms with Gasteiger partial charge in [0.1, 0.15) is 0 Å². The first kappa shape index (κ1) is 41.3. The van der Waals surface area contributed by atoms with Gasteiger partial charge < -0.3 is 33.4 Å². The predicted octanol–water partition coefficient (Wildman–Crippen LogP) is 4.03. The van der Waals surface area contributed by atoms with Gasteiger partial charge in [-0.2, -0.15) is 34.7 Å². The summed E-state index contributed by atoms with van der Waals surface area (Å²) >= 11 is 0. The van der Waals surface area contributed by atoms with Gasteiger partial charge in [0.15, 0.2) is 0 Å². The second kappa shape index (κ2) is 2200. The van der Waals surface area contributed by atoms with E-state index < -0.39 is 0 Å². The van der Waals surface area contributed by atoms with E-state index in [1.165, 1.54) is 7.05 Å². The Balaban J connectivity index is -0.00000000694. The van der Waals surface area contributed by atoms with Crippen LogP contribution in [0.2, 0.25) is 0 Å². The van der Waals surface area contributed by atoms with Gasteiger partial charge in [0.05, 0.1) is 0 Å². The van der Waals surface area contributed by atoms with Crippen molar-refractivity contribution >= 4 is 0 Å². The molecule has 0 aliphatic rings. The molecule has 0 aromatic carbocycles. The molecule has 0 spiro atoms. The van der Waals surface area contributed by atoms with E-state index in [9.17, 15) is 0 Å². The summed E-state index contributed by atoms with van der Waals surface area (Å²) in [5, 5.41) is 0. The van der Waals surface area contributed by atoms with Crippen molar-refractivity contribution in [3.05, 3.63) is 33.4 Å². The van der Waals surface area contributed by atoms with E-state index in [1.54, 1.807) is 27.7 Å². The van der Waals surface area contributed by atoms with Crippen LogP contribution in [0.25, 0.3) is 5.73 Å². The van der Waals surface area contributed by atoms with Crippen molar-refractivity contribution in [2.45, 2.75) is 27.7 Å². The molecule has 0 saturated carbocycles. The molecule has 0 aromatic rings. The molecule has 0 radical (unpaired) electrons. The first-order valence-electron chi connectivity index (χ1n) is 3.33. The summed E-state index contributed by atoms with van der Waals surface area (Å²) in [6.45, 7) is 20.0. The van der Waals surface area contributed by atoms with Gasteiger partial charge in [-0.05, 0) is 0 Å². The third kappa shape index (κ3) is 1770. The Hall–Kier alpha value is 0.674. The first-order chi connectivity index (χ1) is 5.00. The predicted molar refractivity (Wildman–Crippen MR) is 54.4 cm³/mol. The van der Waals surface area contributed by atoms with Gasteiger partial charge in [-0.1, -0.05) is 0 Å². The molecule has 0 rings (SSSR count). The molecule has 1 nitrogen and oxygen atoms in total. The Morgan fingerprint density at radius 1 is 0.545 bits per heavy atom. The van der Waals surface area contributed by atoms with Gasteiger partial charge in [-0.15, -0.1) is 0 Å². The van der Waals surface area contributed by atoms with Crippen molar-refractivity contribution < 1.29 is 21.7 Å². The van der Waals surface area contributed by atoms with Gasteiger partial charge in [0.25, 0.3) is 0 Å². The molecule has 0 amide bonds. The van der Waals surface area contributed by atoms with Crippen LogP contribution in [0, 0.1) is 27.7 Å². The van der Waals surface area contributed by atoms with E-state index in [1.807, 2.05) is 0 Å². The molecule has 0 aromatic heterocycles. The van der Waals surface area contributed by atoms with Crippen LogP contribution in [-0.4, -0.2) is 7.05 Å². The van der Waals surface area contributed by atoms with Gasteiger partial charge >= 0.3 is 0 Å². The third-order valence-corrected chi connectivity index (χ3v) is 0. The monoisotopic (exact) mass is 194 g/mol. The molecule has 0 fully saturated rings. The topological polar surface area (TPSA) is 23.8 Å². The average molecular weight is 194 g/mol. The minimum absolute atomic E-state index is 0. The van der Waals surface area contributed by atoms with Crippen LogP contribution in [0.5, 0.6) is 0 Å². The molecule has 0 saturated heterocycles. The first-order valence-corrected chi connectivity index (χ1v) is 3.33. The molecule has 1 N–H and O–H groups in total. The maximum atomic E-state index is 5.75. The summed E-state index contributed by atoms with van der Waals surface area (Å²) in [5.41, 5.74) is 5.75. The fourth-order valence-electron chi connectivity index (χ4n) is 0. The summed E-state index contributed by atoms with van der Waals surface area (Å²) < 4.78 is 0. The van der Waals surface area contributed by atoms with E-state index in [2.05, 4.69) is 27.7 Å². The number of hydrogen-bond acceptors (Lipinski definition) is 0. The maximum Gasteiger partial charge on any atom is 0 e. The summed E-state index contributed by atoms with van der Waals surface area (Å²) in [5.74, 6) is 0. The van der Waals surface area contributed by atoms with Crippen molar-refractivity contribution in [3.8, 4) is 0 Å². The van der Waals surface area contributed by atoms with Crippen molar-refractivity contribution in [1.82, 2.24) is 0 Å². The van der Waals surface area contributed by atoms with Crippen LogP contribution in [-0.2, 0) is 21.7 Å². The van der Waals surface area contributed by atoms with Crippen LogP contribution < -0.4 is 0 Å². The van der Waals surface area contributed by atoms with Gasteiger partial charge in [0, 0.05) is 21.7 Å². The van der Waals surface area contributed by atoms with E-state index in [4.69, 9.17) is 5.73 Å². The van der Waals surface area contributed by atoms with Gasteiger partial charge in [0.2, 0.25) is 0 Å². The van der Waals surface area contributed by atoms with E-state index >= 15 is 0 Å². The van der Waals surface area contributed by atoms with E-state index in [0.717, 1.165) is 0 Å². The van der Waals surface area contributed by atoms with Crippen LogP contribution in [0.3, 0.4) is 0 Å². The third-order valence-electron chi connectivity index (χ3n) is 0. The number of rotatable bonds is 0. The standard InChI is InChI=1S/4C2H5.CH4N.Ti/c5*1-2;/h4*1H2,2H3;2H,1H3;/q5*-1;. The molecular weight excluding hydrogens is 170 g/mol. The summed E-state index contributed by atoms with van der Waals surface area (Å²) in [6.07, 6.45) is 0. The molecule has 11 heavy (non-hydrogen) atoms. The van der Waals surface area contributed by atoms with Crippen molar-refractivity contribution in [2.75, 3.05) is 7.05 Å². The average Bonchev–Trinajstić information content (AvgIpc) is 2.20. The smallest absolute Gasteiger partial charge is 0 e. The van der Waals surface area contributed by atoms with Crippen molar-refractivity contribution in [2.24, 2.45) is 0 Å². The number of hydrogen-bond donors (Lipinski definition) is 0. The quantitative estimate of drug-likeness (QED) is 0.410. The van der Waals surface area contributed by atoms with E-state index in [0.29, 0.717) is 0 Å². The van der Waals surface area contributed by atoms with Crippen molar-refractivity contribution in [3.63, 3.8) is 0 Å². The number of nitrogens with one attached hydrogen (secondary N) is 1. The summed E-state index contributed by atoms with van der Waals surface area (Å²) in [7, 11) is 1.25. The fourth-order valence-corrected chi connectivity index (χ4v) is 0. The Morgan fingerprint density at radius 2 is 0.545 bits per heavy atom. The second-order valence-electron chi connectivity index (χ2n) is 0. The largest absolute Gasteiger partial charge is 0.680 e. The van der Waals surface area contributed by atoms with E-state index in [-0.39, 0.29) is 21.7 Å². The summed E-state index contributed by atoms with van der Waals surface area (Å²) in [4.78, 5) is 0. The molecule has 0 heterocycles. The van der Waals surface area contributed by atoms with Crippen LogP contribution in [0.4, 0.5) is 0 Å². The maximum absolute atomic E-state index is 5.75. The molecule has 0 unspecified atom stereocenters. The molecule has 0 aliphatic carbocycles.